The monoisotopic (exact) mass is 477 g/mol. The number of ether oxygens (including phenoxy) is 1. The zero-order valence-corrected chi connectivity index (χ0v) is 21.8. The highest BCUT2D eigenvalue weighted by atomic mass is 16.6. The van der Waals surface area contributed by atoms with Crippen LogP contribution in [0.5, 0.6) is 0 Å². The standard InChI is InChI=1S/C31H43NO3/c1-29-16-17-31(21-32(20-28(34)35-31)18-6-9-22-7-4-3-5-8-22)19-23(29)10-11-24-25-12-13-27(33)30(25,2)15-14-26(24)29/h3-5,7-8,23-26H,6,9-21H2,1-2H3/t23-,24-,25-,26-,29-,30-,31+/m0/s1. The van der Waals surface area contributed by atoms with Crippen LogP contribution >= 0.6 is 0 Å². The van der Waals surface area contributed by atoms with Crippen molar-refractivity contribution in [2.45, 2.75) is 90.1 Å². The molecule has 0 N–H and O–H groups in total. The van der Waals surface area contributed by atoms with E-state index in [4.69, 9.17) is 4.74 Å². The van der Waals surface area contributed by atoms with Crippen molar-refractivity contribution in [3.63, 3.8) is 0 Å². The van der Waals surface area contributed by atoms with Crippen LogP contribution in [-0.4, -0.2) is 41.9 Å². The van der Waals surface area contributed by atoms with E-state index in [9.17, 15) is 9.59 Å². The van der Waals surface area contributed by atoms with E-state index < -0.39 is 0 Å². The van der Waals surface area contributed by atoms with Gasteiger partial charge in [-0.05, 0) is 105 Å². The molecule has 1 heterocycles. The number of hydrogen-bond donors (Lipinski definition) is 0. The second kappa shape index (κ2) is 8.71. The molecule has 0 unspecified atom stereocenters. The minimum Gasteiger partial charge on any atom is -0.457 e. The Balaban J connectivity index is 1.13. The quantitative estimate of drug-likeness (QED) is 0.512. The number of ketones is 1. The van der Waals surface area contributed by atoms with E-state index in [0.29, 0.717) is 29.6 Å². The zero-order chi connectivity index (χ0) is 24.3. The number of aryl methyl sites for hydroxylation is 1. The molecule has 7 atom stereocenters. The molecule has 1 spiro atoms. The summed E-state index contributed by atoms with van der Waals surface area (Å²) < 4.78 is 6.21. The number of nitrogens with zero attached hydrogens (tertiary/aromatic N) is 1. The van der Waals surface area contributed by atoms with Gasteiger partial charge < -0.3 is 4.74 Å². The van der Waals surface area contributed by atoms with Crippen molar-refractivity contribution in [2.24, 2.45) is 34.5 Å². The second-order valence-electron chi connectivity index (χ2n) is 13.2. The van der Waals surface area contributed by atoms with Crippen LogP contribution in [0.25, 0.3) is 0 Å². The lowest BCUT2D eigenvalue weighted by molar-refractivity contribution is -0.199. The van der Waals surface area contributed by atoms with Crippen LogP contribution in [0.15, 0.2) is 30.3 Å². The first-order valence-corrected chi connectivity index (χ1v) is 14.3. The number of morpholine rings is 1. The van der Waals surface area contributed by atoms with Crippen LogP contribution < -0.4 is 0 Å². The van der Waals surface area contributed by atoms with Crippen LogP contribution in [0.4, 0.5) is 0 Å². The first-order chi connectivity index (χ1) is 16.8. The molecule has 6 rings (SSSR count). The van der Waals surface area contributed by atoms with Crippen molar-refractivity contribution in [2.75, 3.05) is 19.6 Å². The van der Waals surface area contributed by atoms with Gasteiger partial charge in [0, 0.05) is 18.4 Å². The predicted octanol–water partition coefficient (Wildman–Crippen LogP) is 5.83. The molecule has 5 aliphatic rings. The smallest absolute Gasteiger partial charge is 0.320 e. The van der Waals surface area contributed by atoms with E-state index in [1.165, 1.54) is 31.2 Å². The van der Waals surface area contributed by atoms with Gasteiger partial charge >= 0.3 is 5.97 Å². The minimum atomic E-state index is -0.286. The van der Waals surface area contributed by atoms with E-state index in [-0.39, 0.29) is 17.0 Å². The second-order valence-corrected chi connectivity index (χ2v) is 13.2. The number of Topliss-reactive ketones (excluding diaryl/α,β-unsaturated/α-hetero) is 1. The van der Waals surface area contributed by atoms with Crippen LogP contribution in [-0.2, 0) is 20.7 Å². The molecule has 0 radical (unpaired) electrons. The molecule has 1 saturated heterocycles. The van der Waals surface area contributed by atoms with Crippen molar-refractivity contribution in [1.29, 1.82) is 0 Å². The number of hydrogen-bond acceptors (Lipinski definition) is 4. The minimum absolute atomic E-state index is 0.0221. The Kier molecular flexibility index (Phi) is 5.90. The van der Waals surface area contributed by atoms with Gasteiger partial charge in [0.15, 0.2) is 0 Å². The Hall–Kier alpha value is -1.68. The number of benzene rings is 1. The molecule has 0 amide bonds. The fraction of sp³-hybridized carbons (Fsp3) is 0.742. The van der Waals surface area contributed by atoms with Gasteiger partial charge in [-0.15, -0.1) is 0 Å². The summed E-state index contributed by atoms with van der Waals surface area (Å²) in [6.07, 6.45) is 12.1. The lowest BCUT2D eigenvalue weighted by atomic mass is 9.44. The molecule has 4 heteroatoms. The highest BCUT2D eigenvalue weighted by Gasteiger charge is 2.62. The third-order valence-electron chi connectivity index (χ3n) is 11.5. The van der Waals surface area contributed by atoms with Gasteiger partial charge in [0.1, 0.15) is 11.4 Å². The molecule has 1 aliphatic heterocycles. The van der Waals surface area contributed by atoms with Crippen LogP contribution in [0, 0.1) is 34.5 Å². The maximum absolute atomic E-state index is 12.7. The van der Waals surface area contributed by atoms with Gasteiger partial charge in [0.05, 0.1) is 6.54 Å². The molecule has 4 nitrogen and oxygen atoms in total. The molecule has 190 valence electrons. The number of carbonyl (C=O) groups excluding carboxylic acids is 2. The van der Waals surface area contributed by atoms with E-state index in [2.05, 4.69) is 49.1 Å². The number of rotatable bonds is 4. The van der Waals surface area contributed by atoms with Gasteiger partial charge in [0.2, 0.25) is 0 Å². The summed E-state index contributed by atoms with van der Waals surface area (Å²) in [6, 6.07) is 10.7. The number of fused-ring (bicyclic) bond motifs is 5. The van der Waals surface area contributed by atoms with E-state index in [0.717, 1.165) is 69.9 Å². The predicted molar refractivity (Wildman–Crippen MR) is 137 cm³/mol. The van der Waals surface area contributed by atoms with E-state index in [1.54, 1.807) is 0 Å². The average Bonchev–Trinajstić information content (AvgIpc) is 3.14. The summed E-state index contributed by atoms with van der Waals surface area (Å²) in [6.45, 7) is 7.15. The van der Waals surface area contributed by atoms with Crippen molar-refractivity contribution in [3.8, 4) is 0 Å². The van der Waals surface area contributed by atoms with Gasteiger partial charge in [-0.3, -0.25) is 14.5 Å². The Morgan fingerprint density at radius 2 is 1.80 bits per heavy atom. The normalized spacial score (nSPS) is 43.4. The van der Waals surface area contributed by atoms with Crippen molar-refractivity contribution in [3.05, 3.63) is 35.9 Å². The van der Waals surface area contributed by atoms with Crippen molar-refractivity contribution < 1.29 is 14.3 Å². The highest BCUT2D eigenvalue weighted by Crippen LogP contribution is 2.66. The Bertz CT molecular complexity index is 977. The average molecular weight is 478 g/mol. The zero-order valence-electron chi connectivity index (χ0n) is 21.8. The molecule has 0 bridgehead atoms. The van der Waals surface area contributed by atoms with E-state index >= 15 is 0 Å². The lowest BCUT2D eigenvalue weighted by Gasteiger charge is -2.62. The summed E-state index contributed by atoms with van der Waals surface area (Å²) in [4.78, 5) is 27.9. The summed E-state index contributed by atoms with van der Waals surface area (Å²) >= 11 is 0. The Morgan fingerprint density at radius 1 is 0.971 bits per heavy atom. The summed E-state index contributed by atoms with van der Waals surface area (Å²) in [7, 11) is 0. The van der Waals surface area contributed by atoms with Gasteiger partial charge in [-0.1, -0.05) is 44.2 Å². The molecular weight excluding hydrogens is 434 g/mol. The van der Waals surface area contributed by atoms with Crippen LogP contribution in [0.2, 0.25) is 0 Å². The molecule has 4 saturated carbocycles. The molecule has 1 aromatic carbocycles. The molecular formula is C31H43NO3. The number of carbonyl (C=O) groups is 2. The van der Waals surface area contributed by atoms with Gasteiger partial charge in [-0.2, -0.15) is 0 Å². The Labute approximate surface area is 211 Å². The SMILES string of the molecule is C[C@]12CC[C@@]3(C[C@@H]1CC[C@@H]1[C@@H]2CC[C@]2(C)C(=O)CC[C@@H]12)CN(CCCc1ccccc1)CC(=O)O3. The van der Waals surface area contributed by atoms with Crippen LogP contribution in [0.3, 0.4) is 0 Å². The first kappa shape index (κ1) is 23.7. The van der Waals surface area contributed by atoms with Crippen molar-refractivity contribution >= 4 is 11.8 Å². The third kappa shape index (κ3) is 3.99. The molecule has 4 aliphatic carbocycles. The largest absolute Gasteiger partial charge is 0.457 e. The maximum Gasteiger partial charge on any atom is 0.320 e. The maximum atomic E-state index is 12.7. The molecule has 35 heavy (non-hydrogen) atoms. The van der Waals surface area contributed by atoms with Gasteiger partial charge in [-0.25, -0.2) is 0 Å². The summed E-state index contributed by atoms with van der Waals surface area (Å²) in [5.74, 6) is 3.22. The number of esters is 1. The fourth-order valence-corrected chi connectivity index (χ4v) is 9.58. The lowest BCUT2D eigenvalue weighted by Crippen LogP contribution is -2.61. The van der Waals surface area contributed by atoms with Gasteiger partial charge in [0.25, 0.3) is 0 Å². The van der Waals surface area contributed by atoms with E-state index in [1.807, 2.05) is 0 Å². The highest BCUT2D eigenvalue weighted by molar-refractivity contribution is 5.87. The topological polar surface area (TPSA) is 46.6 Å². The molecule has 1 aromatic rings. The third-order valence-corrected chi connectivity index (χ3v) is 11.5. The summed E-state index contributed by atoms with van der Waals surface area (Å²) in [5, 5.41) is 0. The molecule has 5 fully saturated rings. The van der Waals surface area contributed by atoms with Crippen molar-refractivity contribution in [1.82, 2.24) is 4.90 Å². The molecule has 0 aromatic heterocycles. The van der Waals surface area contributed by atoms with Crippen LogP contribution in [0.1, 0.15) is 83.6 Å². The Morgan fingerprint density at radius 3 is 2.63 bits per heavy atom. The first-order valence-electron chi connectivity index (χ1n) is 14.3. The summed E-state index contributed by atoms with van der Waals surface area (Å²) in [5.41, 5.74) is 1.38. The fourth-order valence-electron chi connectivity index (χ4n) is 9.58.